The third-order valence-corrected chi connectivity index (χ3v) is 2.64. The fourth-order valence-electron chi connectivity index (χ4n) is 1.31. The fraction of sp³-hybridized carbons (Fsp3) is 0.400. The zero-order valence-corrected chi connectivity index (χ0v) is 9.94. The van der Waals surface area contributed by atoms with E-state index in [9.17, 15) is 15.2 Å². The van der Waals surface area contributed by atoms with E-state index in [2.05, 4.69) is 5.32 Å². The average molecular weight is 261 g/mol. The molecule has 0 heterocycles. The van der Waals surface area contributed by atoms with E-state index in [1.54, 1.807) is 0 Å². The van der Waals surface area contributed by atoms with E-state index in [1.165, 1.54) is 6.07 Å². The molecule has 3 N–H and O–H groups in total. The van der Waals surface area contributed by atoms with Gasteiger partial charge in [-0.25, -0.2) is 0 Å². The molecule has 1 atom stereocenters. The van der Waals surface area contributed by atoms with Crippen molar-refractivity contribution in [3.05, 3.63) is 27.3 Å². The van der Waals surface area contributed by atoms with E-state index in [0.29, 0.717) is 6.42 Å². The first-order chi connectivity index (χ1) is 7.99. The molecule has 0 spiro atoms. The van der Waals surface area contributed by atoms with E-state index < -0.39 is 4.92 Å². The van der Waals surface area contributed by atoms with E-state index in [4.69, 9.17) is 16.7 Å². The van der Waals surface area contributed by atoms with Crippen LogP contribution in [0.1, 0.15) is 13.3 Å². The molecule has 0 saturated carbocycles. The van der Waals surface area contributed by atoms with Gasteiger partial charge in [0.15, 0.2) is 0 Å². The van der Waals surface area contributed by atoms with Crippen molar-refractivity contribution in [2.24, 2.45) is 0 Å². The molecule has 0 aliphatic carbocycles. The monoisotopic (exact) mass is 260 g/mol. The first kappa shape index (κ1) is 13.5. The molecule has 1 rings (SSSR count). The highest BCUT2D eigenvalue weighted by atomic mass is 35.5. The Labute approximate surface area is 103 Å². The molecule has 1 unspecified atom stereocenters. The number of nitro groups is 1. The lowest BCUT2D eigenvalue weighted by molar-refractivity contribution is -0.384. The van der Waals surface area contributed by atoms with E-state index in [-0.39, 0.29) is 34.8 Å². The van der Waals surface area contributed by atoms with Gasteiger partial charge in [0.05, 0.1) is 22.6 Å². The van der Waals surface area contributed by atoms with Gasteiger partial charge in [-0.15, -0.1) is 0 Å². The summed E-state index contributed by atoms with van der Waals surface area (Å²) in [5, 5.41) is 32.0. The third kappa shape index (κ3) is 3.21. The van der Waals surface area contributed by atoms with Crippen molar-refractivity contribution in [1.82, 2.24) is 0 Å². The maximum absolute atomic E-state index is 10.8. The highest BCUT2D eigenvalue weighted by molar-refractivity contribution is 6.32. The minimum absolute atomic E-state index is 0.0193. The number of aliphatic hydroxyl groups excluding tert-OH is 1. The number of nitrogens with zero attached hydrogens (tertiary/aromatic N) is 1. The molecule has 0 bridgehead atoms. The maximum Gasteiger partial charge on any atom is 0.296 e. The van der Waals surface area contributed by atoms with Crippen molar-refractivity contribution >= 4 is 23.0 Å². The van der Waals surface area contributed by atoms with Gasteiger partial charge in [-0.1, -0.05) is 18.5 Å². The normalized spacial score (nSPS) is 12.2. The number of aromatic hydroxyl groups is 1. The highest BCUT2D eigenvalue weighted by Crippen LogP contribution is 2.35. The van der Waals surface area contributed by atoms with Crippen molar-refractivity contribution in [3.63, 3.8) is 0 Å². The summed E-state index contributed by atoms with van der Waals surface area (Å²) in [6.07, 6.45) is 0.603. The number of nitro benzene ring substituents is 1. The van der Waals surface area contributed by atoms with Crippen molar-refractivity contribution in [2.45, 2.75) is 19.4 Å². The van der Waals surface area contributed by atoms with Crippen LogP contribution in [0, 0.1) is 10.1 Å². The number of halogens is 1. The van der Waals surface area contributed by atoms with Gasteiger partial charge in [-0.3, -0.25) is 10.1 Å². The van der Waals surface area contributed by atoms with Crippen LogP contribution in [-0.2, 0) is 0 Å². The van der Waals surface area contributed by atoms with E-state index >= 15 is 0 Å². The Kier molecular flexibility index (Phi) is 4.53. The molecule has 6 nitrogen and oxygen atoms in total. The molecule has 1 aromatic carbocycles. The third-order valence-electron chi connectivity index (χ3n) is 2.33. The highest BCUT2D eigenvalue weighted by Gasteiger charge is 2.19. The molecule has 7 heteroatoms. The smallest absolute Gasteiger partial charge is 0.296 e. The molecule has 0 aromatic heterocycles. The zero-order chi connectivity index (χ0) is 13.0. The average Bonchev–Trinajstić information content (AvgIpc) is 2.29. The number of hydrogen-bond acceptors (Lipinski definition) is 5. The number of benzene rings is 1. The predicted molar refractivity (Wildman–Crippen MR) is 64.6 cm³/mol. The second-order valence-corrected chi connectivity index (χ2v) is 3.92. The summed E-state index contributed by atoms with van der Waals surface area (Å²) in [7, 11) is 0. The number of nitrogens with one attached hydrogen (secondary N) is 1. The molecular weight excluding hydrogens is 248 g/mol. The molecule has 0 aliphatic rings. The lowest BCUT2D eigenvalue weighted by atomic mass is 10.2. The van der Waals surface area contributed by atoms with Crippen LogP contribution in [0.5, 0.6) is 5.75 Å². The summed E-state index contributed by atoms with van der Waals surface area (Å²) in [5.41, 5.74) is -0.0995. The van der Waals surface area contributed by atoms with Crippen LogP contribution in [-0.4, -0.2) is 27.8 Å². The lowest BCUT2D eigenvalue weighted by Gasteiger charge is -2.15. The van der Waals surface area contributed by atoms with Gasteiger partial charge < -0.3 is 15.5 Å². The van der Waals surface area contributed by atoms with E-state index in [0.717, 1.165) is 6.07 Å². The van der Waals surface area contributed by atoms with Crippen LogP contribution in [0.3, 0.4) is 0 Å². The number of hydrogen-bond donors (Lipinski definition) is 3. The SMILES string of the molecule is CCC(CO)Nc1cc(Cl)c(O)cc1[N+](=O)[O-]. The van der Waals surface area contributed by atoms with Crippen LogP contribution in [0.2, 0.25) is 5.02 Å². The van der Waals surface area contributed by atoms with Crippen LogP contribution >= 0.6 is 11.6 Å². The van der Waals surface area contributed by atoms with Gasteiger partial charge in [-0.05, 0) is 12.5 Å². The standard InChI is InChI=1S/C10H13ClN2O4/c1-2-6(5-14)12-8-3-7(11)10(15)4-9(8)13(16)17/h3-4,6,12,14-15H,2,5H2,1H3. The molecule has 0 radical (unpaired) electrons. The topological polar surface area (TPSA) is 95.6 Å². The lowest BCUT2D eigenvalue weighted by Crippen LogP contribution is -2.23. The molecule has 17 heavy (non-hydrogen) atoms. The largest absolute Gasteiger partial charge is 0.506 e. The molecule has 1 aromatic rings. The number of phenolic OH excluding ortho intramolecular Hbond substituents is 1. The zero-order valence-electron chi connectivity index (χ0n) is 9.18. The fourth-order valence-corrected chi connectivity index (χ4v) is 1.48. The van der Waals surface area contributed by atoms with Crippen LogP contribution in [0.25, 0.3) is 0 Å². The molecule has 0 amide bonds. The molecule has 94 valence electrons. The Hall–Kier alpha value is -1.53. The summed E-state index contributed by atoms with van der Waals surface area (Å²) < 4.78 is 0. The van der Waals surface area contributed by atoms with Crippen molar-refractivity contribution in [1.29, 1.82) is 0 Å². The van der Waals surface area contributed by atoms with Crippen molar-refractivity contribution < 1.29 is 15.1 Å². The predicted octanol–water partition coefficient (Wildman–Crippen LogP) is 2.14. The Bertz CT molecular complexity index is 421. The second kappa shape index (κ2) is 5.70. The summed E-state index contributed by atoms with van der Waals surface area (Å²) in [6, 6.07) is 1.96. The van der Waals surface area contributed by atoms with Gasteiger partial charge in [-0.2, -0.15) is 0 Å². The first-order valence-electron chi connectivity index (χ1n) is 5.03. The van der Waals surface area contributed by atoms with Gasteiger partial charge >= 0.3 is 0 Å². The summed E-state index contributed by atoms with van der Waals surface area (Å²) in [5.74, 6) is -0.346. The van der Waals surface area contributed by atoms with Gasteiger partial charge in [0, 0.05) is 6.04 Å². The van der Waals surface area contributed by atoms with Gasteiger partial charge in [0.25, 0.3) is 5.69 Å². The van der Waals surface area contributed by atoms with E-state index in [1.807, 2.05) is 6.92 Å². The minimum atomic E-state index is -0.623. The molecule has 0 fully saturated rings. The Morgan fingerprint density at radius 3 is 2.71 bits per heavy atom. The number of phenols is 1. The van der Waals surface area contributed by atoms with Crippen LogP contribution in [0.15, 0.2) is 12.1 Å². The van der Waals surface area contributed by atoms with Crippen molar-refractivity contribution in [3.8, 4) is 5.75 Å². The minimum Gasteiger partial charge on any atom is -0.506 e. The summed E-state index contributed by atoms with van der Waals surface area (Å²) in [4.78, 5) is 10.2. The Balaban J connectivity index is 3.12. The number of anilines is 1. The Morgan fingerprint density at radius 1 is 1.59 bits per heavy atom. The number of aliphatic hydroxyl groups is 1. The molecule has 0 saturated heterocycles. The number of rotatable bonds is 5. The summed E-state index contributed by atoms with van der Waals surface area (Å²) >= 11 is 5.69. The molecule has 0 aliphatic heterocycles. The summed E-state index contributed by atoms with van der Waals surface area (Å²) in [6.45, 7) is 1.69. The quantitative estimate of drug-likeness (QED) is 0.428. The van der Waals surface area contributed by atoms with Gasteiger partial charge in [0.1, 0.15) is 11.4 Å². The molecular formula is C10H13ClN2O4. The van der Waals surface area contributed by atoms with Crippen LogP contribution in [0.4, 0.5) is 11.4 Å². The Morgan fingerprint density at radius 2 is 2.24 bits per heavy atom. The van der Waals surface area contributed by atoms with Crippen molar-refractivity contribution in [2.75, 3.05) is 11.9 Å². The first-order valence-corrected chi connectivity index (χ1v) is 5.41. The maximum atomic E-state index is 10.8. The second-order valence-electron chi connectivity index (χ2n) is 3.51. The van der Waals surface area contributed by atoms with Crippen LogP contribution < -0.4 is 5.32 Å². The van der Waals surface area contributed by atoms with Gasteiger partial charge in [0.2, 0.25) is 0 Å².